The Hall–Kier alpha value is -2.73. The average molecular weight is 377 g/mol. The number of hydrogen-bond donors (Lipinski definition) is 1. The highest BCUT2D eigenvalue weighted by atomic mass is 35.5. The van der Waals surface area contributed by atoms with Gasteiger partial charge in [-0.3, -0.25) is 14.5 Å². The highest BCUT2D eigenvalue weighted by Crippen LogP contribution is 2.32. The topological polar surface area (TPSA) is 67.9 Å². The number of nitrogens with zero attached hydrogens (tertiary/aromatic N) is 1. The maximum atomic E-state index is 12.3. The van der Waals surface area contributed by atoms with Gasteiger partial charge in [-0.15, -0.1) is 0 Å². The lowest BCUT2D eigenvalue weighted by Crippen LogP contribution is -2.39. The van der Waals surface area contributed by atoms with Crippen LogP contribution in [0.4, 0.5) is 5.69 Å². The molecule has 0 saturated carbocycles. The van der Waals surface area contributed by atoms with Crippen molar-refractivity contribution in [2.75, 3.05) is 25.7 Å². The zero-order valence-corrected chi connectivity index (χ0v) is 15.7. The fourth-order valence-electron chi connectivity index (χ4n) is 2.41. The molecule has 7 heteroatoms. The lowest BCUT2D eigenvalue weighted by Gasteiger charge is -2.23. The second-order valence-electron chi connectivity index (χ2n) is 5.51. The normalized spacial score (nSPS) is 10.2. The van der Waals surface area contributed by atoms with Crippen LogP contribution >= 0.6 is 11.6 Å². The van der Waals surface area contributed by atoms with E-state index in [1.807, 2.05) is 18.2 Å². The number of hydrogen-bond acceptors (Lipinski definition) is 4. The van der Waals surface area contributed by atoms with E-state index in [4.69, 9.17) is 21.1 Å². The molecule has 2 amide bonds. The molecule has 1 N–H and O–H groups in total. The van der Waals surface area contributed by atoms with Gasteiger partial charge in [0.2, 0.25) is 11.8 Å². The van der Waals surface area contributed by atoms with Crippen LogP contribution in [-0.4, -0.2) is 32.6 Å². The first-order chi connectivity index (χ1) is 12.5. The summed E-state index contributed by atoms with van der Waals surface area (Å²) in [7, 11) is 3.04. The number of ether oxygens (including phenoxy) is 2. The van der Waals surface area contributed by atoms with Crippen molar-refractivity contribution in [2.24, 2.45) is 0 Å². The minimum absolute atomic E-state index is 0.136. The van der Waals surface area contributed by atoms with Gasteiger partial charge in [-0.05, 0) is 23.8 Å². The molecule has 0 aromatic heterocycles. The first kappa shape index (κ1) is 19.6. The summed E-state index contributed by atoms with van der Waals surface area (Å²) in [5.41, 5.74) is 1.30. The molecule has 138 valence electrons. The third-order valence-electron chi connectivity index (χ3n) is 3.79. The van der Waals surface area contributed by atoms with Gasteiger partial charge < -0.3 is 14.8 Å². The maximum absolute atomic E-state index is 12.3. The smallest absolute Gasteiger partial charge is 0.240 e. The minimum Gasteiger partial charge on any atom is -0.497 e. The van der Waals surface area contributed by atoms with Crippen LogP contribution in [0, 0.1) is 0 Å². The number of carbonyl (C=O) groups is 2. The zero-order valence-electron chi connectivity index (χ0n) is 14.9. The fourth-order valence-corrected chi connectivity index (χ4v) is 2.61. The number of rotatable bonds is 7. The lowest BCUT2D eigenvalue weighted by molar-refractivity contribution is -0.123. The van der Waals surface area contributed by atoms with Crippen LogP contribution in [0.15, 0.2) is 42.5 Å². The Labute approximate surface area is 157 Å². The largest absolute Gasteiger partial charge is 0.497 e. The molecule has 0 aliphatic heterocycles. The monoisotopic (exact) mass is 376 g/mol. The highest BCUT2D eigenvalue weighted by molar-refractivity contribution is 6.31. The predicted octanol–water partition coefficient (Wildman–Crippen LogP) is 3.03. The van der Waals surface area contributed by atoms with E-state index in [1.54, 1.807) is 31.4 Å². The van der Waals surface area contributed by atoms with Gasteiger partial charge in [-0.2, -0.15) is 0 Å². The second kappa shape index (κ2) is 9.10. The number of anilines is 1. The number of nitrogens with one attached hydrogen (secondary N) is 1. The number of methoxy groups -OCH3 is 2. The summed E-state index contributed by atoms with van der Waals surface area (Å²) in [5, 5.41) is 3.35. The van der Waals surface area contributed by atoms with Gasteiger partial charge in [0.25, 0.3) is 0 Å². The van der Waals surface area contributed by atoms with E-state index in [0.29, 0.717) is 22.2 Å². The highest BCUT2D eigenvalue weighted by Gasteiger charge is 2.20. The quantitative estimate of drug-likeness (QED) is 0.806. The van der Waals surface area contributed by atoms with Crippen molar-refractivity contribution < 1.29 is 19.1 Å². The van der Waals surface area contributed by atoms with Crippen LogP contribution in [0.1, 0.15) is 12.5 Å². The molecule has 0 atom stereocenters. The van der Waals surface area contributed by atoms with Crippen LogP contribution in [0.3, 0.4) is 0 Å². The molecule has 0 fully saturated rings. The first-order valence-electron chi connectivity index (χ1n) is 7.96. The van der Waals surface area contributed by atoms with Crippen molar-refractivity contribution in [3.63, 3.8) is 0 Å². The van der Waals surface area contributed by atoms with Gasteiger partial charge in [0.05, 0.1) is 19.9 Å². The molecule has 2 aromatic rings. The second-order valence-corrected chi connectivity index (χ2v) is 5.92. The predicted molar refractivity (Wildman–Crippen MR) is 101 cm³/mol. The SMILES string of the molecule is COc1ccc(N(CC(=O)NCc2ccccc2Cl)C(C)=O)c(OC)c1. The molecule has 0 spiro atoms. The fraction of sp³-hybridized carbons (Fsp3) is 0.263. The summed E-state index contributed by atoms with van der Waals surface area (Å²) in [6, 6.07) is 12.3. The molecule has 0 unspecified atom stereocenters. The van der Waals surface area contributed by atoms with Crippen LogP contribution in [0.5, 0.6) is 11.5 Å². The molecule has 2 aromatic carbocycles. The Bertz CT molecular complexity index is 795. The van der Waals surface area contributed by atoms with Gasteiger partial charge in [-0.1, -0.05) is 29.8 Å². The molecule has 2 rings (SSSR count). The first-order valence-corrected chi connectivity index (χ1v) is 8.34. The van der Waals surface area contributed by atoms with Crippen molar-refractivity contribution in [2.45, 2.75) is 13.5 Å². The minimum atomic E-state index is -0.307. The van der Waals surface area contributed by atoms with Gasteiger partial charge in [0, 0.05) is 24.6 Å². The van der Waals surface area contributed by atoms with Gasteiger partial charge in [0.1, 0.15) is 18.0 Å². The number of halogens is 1. The molecule has 0 saturated heterocycles. The van der Waals surface area contributed by atoms with Crippen molar-refractivity contribution in [1.29, 1.82) is 0 Å². The molecular formula is C19H21ClN2O4. The van der Waals surface area contributed by atoms with E-state index in [-0.39, 0.29) is 24.9 Å². The van der Waals surface area contributed by atoms with E-state index in [2.05, 4.69) is 5.32 Å². The van der Waals surface area contributed by atoms with Crippen molar-refractivity contribution in [3.05, 3.63) is 53.1 Å². The average Bonchev–Trinajstić information content (AvgIpc) is 2.64. The third-order valence-corrected chi connectivity index (χ3v) is 4.16. The summed E-state index contributed by atoms with van der Waals surface area (Å²) in [6.07, 6.45) is 0. The summed E-state index contributed by atoms with van der Waals surface area (Å²) in [6.45, 7) is 1.54. The molecular weight excluding hydrogens is 356 g/mol. The summed E-state index contributed by atoms with van der Waals surface area (Å²) in [4.78, 5) is 25.7. The van der Waals surface area contributed by atoms with Gasteiger partial charge in [0.15, 0.2) is 0 Å². The van der Waals surface area contributed by atoms with E-state index < -0.39 is 0 Å². The molecule has 0 aliphatic rings. The Morgan fingerprint density at radius 1 is 1.12 bits per heavy atom. The Morgan fingerprint density at radius 3 is 2.46 bits per heavy atom. The molecule has 0 aliphatic carbocycles. The van der Waals surface area contributed by atoms with Crippen LogP contribution in [-0.2, 0) is 16.1 Å². The van der Waals surface area contributed by atoms with E-state index in [0.717, 1.165) is 5.56 Å². The van der Waals surface area contributed by atoms with E-state index in [9.17, 15) is 9.59 Å². The molecule has 0 bridgehead atoms. The standard InChI is InChI=1S/C19H21ClN2O4/c1-13(23)22(17-9-8-15(25-2)10-18(17)26-3)12-19(24)21-11-14-6-4-5-7-16(14)20/h4-10H,11-12H2,1-3H3,(H,21,24). The molecule has 6 nitrogen and oxygen atoms in total. The van der Waals surface area contributed by atoms with Crippen LogP contribution in [0.25, 0.3) is 0 Å². The number of benzene rings is 2. The van der Waals surface area contributed by atoms with Crippen molar-refractivity contribution in [1.82, 2.24) is 5.32 Å². The lowest BCUT2D eigenvalue weighted by atomic mass is 10.2. The molecule has 0 radical (unpaired) electrons. The molecule has 0 heterocycles. The van der Waals surface area contributed by atoms with Crippen molar-refractivity contribution in [3.8, 4) is 11.5 Å². The van der Waals surface area contributed by atoms with Gasteiger partial charge in [-0.25, -0.2) is 0 Å². The van der Waals surface area contributed by atoms with E-state index >= 15 is 0 Å². The zero-order chi connectivity index (χ0) is 19.1. The third kappa shape index (κ3) is 4.89. The van der Waals surface area contributed by atoms with E-state index in [1.165, 1.54) is 18.9 Å². The Morgan fingerprint density at radius 2 is 1.85 bits per heavy atom. The van der Waals surface area contributed by atoms with Crippen LogP contribution in [0.2, 0.25) is 5.02 Å². The maximum Gasteiger partial charge on any atom is 0.240 e. The Kier molecular flexibility index (Phi) is 6.86. The summed E-state index contributed by atoms with van der Waals surface area (Å²) >= 11 is 6.08. The molecule has 26 heavy (non-hydrogen) atoms. The Balaban J connectivity index is 2.12. The van der Waals surface area contributed by atoms with Gasteiger partial charge >= 0.3 is 0 Å². The van der Waals surface area contributed by atoms with Crippen LogP contribution < -0.4 is 19.7 Å². The summed E-state index contributed by atoms with van der Waals surface area (Å²) < 4.78 is 10.5. The van der Waals surface area contributed by atoms with Crippen molar-refractivity contribution >= 4 is 29.1 Å². The number of amides is 2. The summed E-state index contributed by atoms with van der Waals surface area (Å²) in [5.74, 6) is 0.454. The number of carbonyl (C=O) groups excluding carboxylic acids is 2.